The smallest absolute Gasteiger partial charge is 0.323 e. The molecule has 0 saturated carbocycles. The lowest BCUT2D eigenvalue weighted by molar-refractivity contribution is -0.137. The summed E-state index contributed by atoms with van der Waals surface area (Å²) < 4.78 is 1.07. The fourth-order valence-electron chi connectivity index (χ4n) is 1.28. The van der Waals surface area contributed by atoms with Crippen molar-refractivity contribution in [2.24, 2.45) is 0 Å². The van der Waals surface area contributed by atoms with Crippen LogP contribution in [0.5, 0.6) is 0 Å². The van der Waals surface area contributed by atoms with Crippen LogP contribution in [-0.2, 0) is 11.3 Å². The van der Waals surface area contributed by atoms with Gasteiger partial charge in [-0.2, -0.15) is 0 Å². The summed E-state index contributed by atoms with van der Waals surface area (Å²) in [6.07, 6.45) is 4.59. The van der Waals surface area contributed by atoms with Crippen molar-refractivity contribution in [2.75, 3.05) is 0 Å². The van der Waals surface area contributed by atoms with Crippen LogP contribution in [0.3, 0.4) is 0 Å². The Bertz CT molecular complexity index is 543. The molecule has 0 amide bonds. The van der Waals surface area contributed by atoms with Crippen LogP contribution in [0, 0.1) is 0 Å². The van der Waals surface area contributed by atoms with E-state index in [0.717, 1.165) is 4.57 Å². The zero-order chi connectivity index (χ0) is 11.4. The Balaban J connectivity index is 3.52. The molecule has 0 aliphatic heterocycles. The van der Waals surface area contributed by atoms with Gasteiger partial charge in [0.25, 0.3) is 5.56 Å². The molecule has 0 aliphatic rings. The molecule has 5 nitrogen and oxygen atoms in total. The molecule has 0 saturated heterocycles. The first-order valence-electron chi connectivity index (χ1n) is 4.50. The minimum Gasteiger partial charge on any atom is -0.480 e. The monoisotopic (exact) mass is 208 g/mol. The second kappa shape index (κ2) is 4.54. The highest BCUT2D eigenvalue weighted by molar-refractivity contribution is 5.66. The topological polar surface area (TPSA) is 72.2 Å². The standard InChI is InChI=1S/C10H12N2O3/c1-3-7-8(4-2)11-6-12(10(7)15)5-9(13)14/h3-4,6H,5H2,1-2H3,(H,13,14). The van der Waals surface area contributed by atoms with Crippen LogP contribution in [0.4, 0.5) is 0 Å². The number of hydrogen-bond acceptors (Lipinski definition) is 3. The number of aromatic nitrogens is 2. The average molecular weight is 208 g/mol. The summed E-state index contributed by atoms with van der Waals surface area (Å²) in [7, 11) is 0. The zero-order valence-electron chi connectivity index (χ0n) is 8.60. The lowest BCUT2D eigenvalue weighted by Gasteiger charge is -2.00. The Morgan fingerprint density at radius 3 is 2.67 bits per heavy atom. The van der Waals surface area contributed by atoms with Gasteiger partial charge in [0.1, 0.15) is 6.54 Å². The summed E-state index contributed by atoms with van der Waals surface area (Å²) in [6, 6.07) is 0. The van der Waals surface area contributed by atoms with Crippen molar-refractivity contribution in [1.29, 1.82) is 0 Å². The molecule has 15 heavy (non-hydrogen) atoms. The first kappa shape index (κ1) is 11.2. The third kappa shape index (κ3) is 2.31. The number of carbonyl (C=O) groups is 1. The molecule has 0 radical (unpaired) electrons. The van der Waals surface area contributed by atoms with Crippen LogP contribution in [0.2, 0.25) is 0 Å². The van der Waals surface area contributed by atoms with Crippen LogP contribution < -0.4 is 16.1 Å². The lowest BCUT2D eigenvalue weighted by Crippen LogP contribution is -2.46. The third-order valence-electron chi connectivity index (χ3n) is 1.97. The molecule has 0 bridgehead atoms. The third-order valence-corrected chi connectivity index (χ3v) is 1.97. The summed E-state index contributed by atoms with van der Waals surface area (Å²) in [5, 5.41) is 9.58. The maximum Gasteiger partial charge on any atom is 0.323 e. The van der Waals surface area contributed by atoms with E-state index in [1.807, 2.05) is 0 Å². The molecule has 0 spiro atoms. The summed E-state index contributed by atoms with van der Waals surface area (Å²) in [5.74, 6) is -1.06. The molecule has 1 N–H and O–H groups in total. The van der Waals surface area contributed by atoms with E-state index in [1.165, 1.54) is 6.33 Å². The predicted molar refractivity (Wildman–Crippen MR) is 55.7 cm³/mol. The number of rotatable bonds is 2. The van der Waals surface area contributed by atoms with Gasteiger partial charge in [-0.1, -0.05) is 12.2 Å². The Hall–Kier alpha value is -1.91. The van der Waals surface area contributed by atoms with Gasteiger partial charge in [-0.05, 0) is 13.8 Å². The molecule has 80 valence electrons. The number of aliphatic carboxylic acids is 1. The minimum absolute atomic E-state index is 0.331. The van der Waals surface area contributed by atoms with Crippen LogP contribution in [-0.4, -0.2) is 20.6 Å². The van der Waals surface area contributed by atoms with Crippen molar-refractivity contribution in [2.45, 2.75) is 20.4 Å². The normalized spacial score (nSPS) is 13.2. The average Bonchev–Trinajstić information content (AvgIpc) is 2.20. The molecule has 0 aliphatic carbocycles. The van der Waals surface area contributed by atoms with Crippen molar-refractivity contribution >= 4 is 18.1 Å². The molecule has 0 aromatic carbocycles. The largest absolute Gasteiger partial charge is 0.480 e. The fraction of sp³-hybridized carbons (Fsp3) is 0.300. The van der Waals surface area contributed by atoms with E-state index in [0.29, 0.717) is 10.6 Å². The van der Waals surface area contributed by atoms with E-state index >= 15 is 0 Å². The Morgan fingerprint density at radius 1 is 1.53 bits per heavy atom. The van der Waals surface area contributed by atoms with Gasteiger partial charge in [-0.15, -0.1) is 0 Å². The Kier molecular flexibility index (Phi) is 3.38. The highest BCUT2D eigenvalue weighted by Crippen LogP contribution is 1.73. The quantitative estimate of drug-likeness (QED) is 0.671. The second-order valence-corrected chi connectivity index (χ2v) is 2.95. The van der Waals surface area contributed by atoms with E-state index in [9.17, 15) is 9.59 Å². The zero-order valence-corrected chi connectivity index (χ0v) is 8.60. The highest BCUT2D eigenvalue weighted by atomic mass is 16.4. The van der Waals surface area contributed by atoms with Gasteiger partial charge in [0.05, 0.1) is 16.9 Å². The lowest BCUT2D eigenvalue weighted by atomic mass is 10.3. The van der Waals surface area contributed by atoms with Crippen LogP contribution in [0.25, 0.3) is 12.2 Å². The summed E-state index contributed by atoms with van der Waals surface area (Å²) in [6.45, 7) is 3.13. The van der Waals surface area contributed by atoms with Crippen LogP contribution >= 0.6 is 0 Å². The van der Waals surface area contributed by atoms with Crippen molar-refractivity contribution in [3.8, 4) is 0 Å². The van der Waals surface area contributed by atoms with E-state index in [4.69, 9.17) is 5.11 Å². The van der Waals surface area contributed by atoms with Gasteiger partial charge < -0.3 is 5.11 Å². The molecule has 1 aromatic heterocycles. The van der Waals surface area contributed by atoms with Gasteiger partial charge >= 0.3 is 5.97 Å². The Morgan fingerprint density at radius 2 is 2.20 bits per heavy atom. The van der Waals surface area contributed by atoms with Crippen molar-refractivity contribution in [3.63, 3.8) is 0 Å². The van der Waals surface area contributed by atoms with Gasteiger partial charge in [-0.3, -0.25) is 14.2 Å². The second-order valence-electron chi connectivity index (χ2n) is 2.95. The highest BCUT2D eigenvalue weighted by Gasteiger charge is 2.03. The van der Waals surface area contributed by atoms with Gasteiger partial charge in [-0.25, -0.2) is 4.98 Å². The molecule has 1 aromatic rings. The van der Waals surface area contributed by atoms with E-state index in [1.54, 1.807) is 26.0 Å². The fourth-order valence-corrected chi connectivity index (χ4v) is 1.28. The first-order valence-corrected chi connectivity index (χ1v) is 4.50. The molecular weight excluding hydrogens is 196 g/mol. The van der Waals surface area contributed by atoms with Crippen LogP contribution in [0.1, 0.15) is 13.8 Å². The summed E-state index contributed by atoms with van der Waals surface area (Å²) in [4.78, 5) is 26.2. The van der Waals surface area contributed by atoms with Crippen molar-refractivity contribution < 1.29 is 9.90 Å². The molecule has 1 heterocycles. The van der Waals surface area contributed by atoms with E-state index < -0.39 is 5.97 Å². The van der Waals surface area contributed by atoms with Crippen LogP contribution in [0.15, 0.2) is 11.1 Å². The maximum atomic E-state index is 11.7. The molecule has 5 heteroatoms. The molecule has 0 fully saturated rings. The number of carboxylic acids is 1. The molecular formula is C10H12N2O3. The summed E-state index contributed by atoms with van der Waals surface area (Å²) in [5.41, 5.74) is -0.331. The van der Waals surface area contributed by atoms with Crippen molar-refractivity contribution in [3.05, 3.63) is 27.2 Å². The first-order chi connectivity index (χ1) is 7.10. The predicted octanol–water partition coefficient (Wildman–Crippen LogP) is -1.07. The van der Waals surface area contributed by atoms with Crippen molar-refractivity contribution in [1.82, 2.24) is 9.55 Å². The van der Waals surface area contributed by atoms with Gasteiger partial charge in [0, 0.05) is 0 Å². The molecule has 0 unspecified atom stereocenters. The SMILES string of the molecule is CC=c1ncn(CC(=O)O)c(=O)c1=CC. The number of hydrogen-bond donors (Lipinski definition) is 1. The minimum atomic E-state index is -1.06. The molecule has 1 rings (SSSR count). The number of carboxylic acid groups (broad SMARTS) is 1. The Labute approximate surface area is 86.0 Å². The molecule has 0 atom stereocenters. The van der Waals surface area contributed by atoms with E-state index in [2.05, 4.69) is 4.98 Å². The number of nitrogens with zero attached hydrogens (tertiary/aromatic N) is 2. The van der Waals surface area contributed by atoms with Gasteiger partial charge in [0.15, 0.2) is 0 Å². The summed E-state index contributed by atoms with van der Waals surface area (Å²) >= 11 is 0. The van der Waals surface area contributed by atoms with Gasteiger partial charge in [0.2, 0.25) is 0 Å². The van der Waals surface area contributed by atoms with E-state index in [-0.39, 0.29) is 12.1 Å². The maximum absolute atomic E-state index is 11.7.